The second-order valence-electron chi connectivity index (χ2n) is 11.0. The number of halogens is 3. The first-order valence-corrected chi connectivity index (χ1v) is 13.7. The molecular formula is C30H37F3N4O5. The smallest absolute Gasteiger partial charge is 0.409 e. The van der Waals surface area contributed by atoms with Gasteiger partial charge in [0.1, 0.15) is 29.7 Å². The fraction of sp³-hybridized carbons (Fsp3) is 0.500. The van der Waals surface area contributed by atoms with Gasteiger partial charge in [-0.2, -0.15) is 8.78 Å². The second kappa shape index (κ2) is 11.8. The molecule has 0 bridgehead atoms. The number of methoxy groups -OCH3 is 2. The molecule has 228 valence electrons. The van der Waals surface area contributed by atoms with E-state index in [1.807, 2.05) is 6.92 Å². The molecule has 2 atom stereocenters. The summed E-state index contributed by atoms with van der Waals surface area (Å²) in [5.74, 6) is -3.30. The average Bonchev–Trinajstić information content (AvgIpc) is 3.40. The van der Waals surface area contributed by atoms with Crippen molar-refractivity contribution in [3.8, 4) is 11.5 Å². The highest BCUT2D eigenvalue weighted by Crippen LogP contribution is 2.42. The first kappa shape index (κ1) is 31.1. The number of benzene rings is 2. The van der Waals surface area contributed by atoms with Crippen LogP contribution in [-0.4, -0.2) is 65.1 Å². The van der Waals surface area contributed by atoms with E-state index in [0.717, 1.165) is 32.8 Å². The second-order valence-corrected chi connectivity index (χ2v) is 11.0. The van der Waals surface area contributed by atoms with Crippen molar-refractivity contribution >= 4 is 22.8 Å². The number of anilines is 1. The van der Waals surface area contributed by atoms with E-state index < -0.39 is 35.0 Å². The fourth-order valence-electron chi connectivity index (χ4n) is 5.26. The Balaban J connectivity index is 1.71. The maximum Gasteiger partial charge on any atom is 0.409 e. The summed E-state index contributed by atoms with van der Waals surface area (Å²) in [6, 6.07) is 4.45. The molecule has 0 aliphatic carbocycles. The van der Waals surface area contributed by atoms with Gasteiger partial charge in [0.25, 0.3) is 0 Å². The molecule has 1 saturated heterocycles. The number of amides is 1. The van der Waals surface area contributed by atoms with E-state index in [2.05, 4.69) is 15.3 Å². The summed E-state index contributed by atoms with van der Waals surface area (Å²) >= 11 is 0. The number of alkyl halides is 2. The minimum atomic E-state index is -3.83. The van der Waals surface area contributed by atoms with E-state index in [0.29, 0.717) is 46.2 Å². The summed E-state index contributed by atoms with van der Waals surface area (Å²) in [6.07, 6.45) is 1.17. The number of nitrogens with zero attached hydrogens (tertiary/aromatic N) is 3. The van der Waals surface area contributed by atoms with Crippen molar-refractivity contribution in [2.75, 3.05) is 32.7 Å². The van der Waals surface area contributed by atoms with Gasteiger partial charge in [0.15, 0.2) is 11.5 Å². The number of carbonyl (C=O) groups excluding carboxylic acids is 1. The van der Waals surface area contributed by atoms with Gasteiger partial charge in [0, 0.05) is 23.1 Å². The van der Waals surface area contributed by atoms with E-state index in [-0.39, 0.29) is 18.2 Å². The molecule has 12 heteroatoms. The van der Waals surface area contributed by atoms with Crippen molar-refractivity contribution < 1.29 is 37.3 Å². The lowest BCUT2D eigenvalue weighted by Gasteiger charge is -2.30. The molecule has 42 heavy (non-hydrogen) atoms. The van der Waals surface area contributed by atoms with Crippen LogP contribution in [-0.2, 0) is 10.7 Å². The lowest BCUT2D eigenvalue weighted by atomic mass is 9.91. The monoisotopic (exact) mass is 590 g/mol. The average molecular weight is 591 g/mol. The number of rotatable bonds is 9. The van der Waals surface area contributed by atoms with Gasteiger partial charge < -0.3 is 29.5 Å². The van der Waals surface area contributed by atoms with Crippen molar-refractivity contribution in [3.05, 3.63) is 52.6 Å². The predicted octanol–water partition coefficient (Wildman–Crippen LogP) is 6.04. The van der Waals surface area contributed by atoms with E-state index in [1.54, 1.807) is 24.8 Å². The van der Waals surface area contributed by atoms with Crippen LogP contribution in [0.25, 0.3) is 10.9 Å². The lowest BCUT2D eigenvalue weighted by Crippen LogP contribution is -2.41. The summed E-state index contributed by atoms with van der Waals surface area (Å²) in [7, 11) is 2.86. The van der Waals surface area contributed by atoms with Crippen LogP contribution in [0, 0.1) is 19.7 Å². The number of aromatic nitrogens is 2. The molecule has 0 unspecified atom stereocenters. The zero-order valence-electron chi connectivity index (χ0n) is 24.8. The highest BCUT2D eigenvalue weighted by Gasteiger charge is 2.49. The fourth-order valence-corrected chi connectivity index (χ4v) is 5.26. The number of aliphatic hydroxyl groups is 1. The van der Waals surface area contributed by atoms with Gasteiger partial charge in [-0.05, 0) is 59.6 Å². The third-order valence-corrected chi connectivity index (χ3v) is 7.63. The highest BCUT2D eigenvalue weighted by atomic mass is 19.3. The van der Waals surface area contributed by atoms with Crippen LogP contribution < -0.4 is 14.8 Å². The van der Waals surface area contributed by atoms with Crippen molar-refractivity contribution in [3.63, 3.8) is 0 Å². The van der Waals surface area contributed by atoms with Gasteiger partial charge in [0.2, 0.25) is 0 Å². The van der Waals surface area contributed by atoms with Gasteiger partial charge in [-0.3, -0.25) is 0 Å². The maximum atomic E-state index is 15.5. The molecule has 2 heterocycles. The quantitative estimate of drug-likeness (QED) is 0.311. The van der Waals surface area contributed by atoms with Crippen LogP contribution in [0.3, 0.4) is 0 Å². The Bertz CT molecular complexity index is 1480. The van der Waals surface area contributed by atoms with Gasteiger partial charge in [-0.25, -0.2) is 19.2 Å². The minimum absolute atomic E-state index is 0.0216. The first-order chi connectivity index (χ1) is 19.7. The van der Waals surface area contributed by atoms with Crippen LogP contribution in [0.4, 0.5) is 23.8 Å². The largest absolute Gasteiger partial charge is 0.493 e. The maximum absolute atomic E-state index is 15.5. The van der Waals surface area contributed by atoms with Gasteiger partial charge in [-0.1, -0.05) is 12.1 Å². The number of hydrogen-bond acceptors (Lipinski definition) is 8. The SMILES string of the molecule is COC(=O)N1CCC[C@H]1COc1cc2c(N[C@H](C)c3cccc(C(F)(F)C(C)(C)O)c3F)nc(C)nc2c(C)c1OC. The molecule has 9 nitrogen and oxygen atoms in total. The van der Waals surface area contributed by atoms with Gasteiger partial charge in [0.05, 0.1) is 37.4 Å². The van der Waals surface area contributed by atoms with Gasteiger partial charge in [-0.15, -0.1) is 0 Å². The van der Waals surface area contributed by atoms with E-state index in [1.165, 1.54) is 26.4 Å². The summed E-state index contributed by atoms with van der Waals surface area (Å²) in [4.78, 5) is 22.9. The van der Waals surface area contributed by atoms with E-state index in [9.17, 15) is 18.7 Å². The van der Waals surface area contributed by atoms with Gasteiger partial charge >= 0.3 is 12.0 Å². The number of carbonyl (C=O) groups is 1. The van der Waals surface area contributed by atoms with Crippen molar-refractivity contribution in [2.45, 2.75) is 71.1 Å². The summed E-state index contributed by atoms with van der Waals surface area (Å²) in [5.41, 5.74) is -2.13. The molecule has 0 saturated carbocycles. The molecule has 2 N–H and O–H groups in total. The number of nitrogens with one attached hydrogen (secondary N) is 1. The number of likely N-dealkylation sites (tertiary alicyclic amines) is 1. The molecule has 1 aromatic heterocycles. The minimum Gasteiger partial charge on any atom is -0.493 e. The number of fused-ring (bicyclic) bond motifs is 1. The van der Waals surface area contributed by atoms with Crippen LogP contribution in [0.2, 0.25) is 0 Å². The zero-order chi connectivity index (χ0) is 31.0. The Morgan fingerprint density at radius 3 is 2.60 bits per heavy atom. The molecule has 3 aromatic rings. The predicted molar refractivity (Wildman–Crippen MR) is 152 cm³/mol. The molecule has 1 aliphatic rings. The summed E-state index contributed by atoms with van der Waals surface area (Å²) < 4.78 is 62.0. The van der Waals surface area contributed by atoms with E-state index in [4.69, 9.17) is 14.2 Å². The molecular weight excluding hydrogens is 553 g/mol. The van der Waals surface area contributed by atoms with Crippen molar-refractivity contribution in [2.24, 2.45) is 0 Å². The molecule has 4 rings (SSSR count). The number of ether oxygens (including phenoxy) is 3. The molecule has 0 spiro atoms. The van der Waals surface area contributed by atoms with E-state index >= 15 is 4.39 Å². The molecule has 1 aliphatic heterocycles. The standard InChI is InChI=1S/C30H37F3N4O5/c1-16-25-21(14-23(26(16)40-6)42-15-19-10-9-13-37(19)28(38)41-7)27(36-18(3)35-25)34-17(2)20-11-8-12-22(24(20)31)30(32,33)29(4,5)39/h8,11-12,14,17,19,39H,9-10,13,15H2,1-7H3,(H,34,35,36)/t17-,19+/m1/s1. The zero-order valence-corrected chi connectivity index (χ0v) is 24.8. The molecule has 0 radical (unpaired) electrons. The Labute approximate surface area is 243 Å². The molecule has 1 fully saturated rings. The van der Waals surface area contributed by atoms with Crippen LogP contribution >= 0.6 is 0 Å². The summed E-state index contributed by atoms with van der Waals surface area (Å²) in [6.45, 7) is 7.81. The summed E-state index contributed by atoms with van der Waals surface area (Å²) in [5, 5.41) is 13.7. The Hall–Kier alpha value is -3.80. The van der Waals surface area contributed by atoms with Crippen LogP contribution in [0.15, 0.2) is 24.3 Å². The molecule has 1 amide bonds. The van der Waals surface area contributed by atoms with Crippen LogP contribution in [0.1, 0.15) is 62.2 Å². The normalized spacial score (nSPS) is 16.5. The third kappa shape index (κ3) is 5.77. The third-order valence-electron chi connectivity index (χ3n) is 7.63. The Kier molecular flexibility index (Phi) is 8.77. The van der Waals surface area contributed by atoms with Crippen molar-refractivity contribution in [1.82, 2.24) is 14.9 Å². The van der Waals surface area contributed by atoms with Crippen molar-refractivity contribution in [1.29, 1.82) is 0 Å². The highest BCUT2D eigenvalue weighted by molar-refractivity contribution is 5.94. The number of aryl methyl sites for hydroxylation is 2. The Morgan fingerprint density at radius 2 is 1.95 bits per heavy atom. The number of hydrogen-bond donors (Lipinski definition) is 2. The Morgan fingerprint density at radius 1 is 1.24 bits per heavy atom. The topological polar surface area (TPSA) is 106 Å². The lowest BCUT2D eigenvalue weighted by molar-refractivity contribution is -0.170. The first-order valence-electron chi connectivity index (χ1n) is 13.7. The molecule has 2 aromatic carbocycles. The van der Waals surface area contributed by atoms with Crippen LogP contribution in [0.5, 0.6) is 11.5 Å².